The third-order valence-electron chi connectivity index (χ3n) is 4.53. The molecule has 1 aliphatic heterocycles. The van der Waals surface area contributed by atoms with Crippen LogP contribution in [0.4, 0.5) is 5.82 Å². The van der Waals surface area contributed by atoms with Gasteiger partial charge in [0.1, 0.15) is 11.9 Å². The Morgan fingerprint density at radius 1 is 1.12 bits per heavy atom. The van der Waals surface area contributed by atoms with Gasteiger partial charge in [-0.2, -0.15) is 0 Å². The Labute approximate surface area is 153 Å². The van der Waals surface area contributed by atoms with Crippen LogP contribution in [0.15, 0.2) is 47.2 Å². The average molecular weight is 356 g/mol. The van der Waals surface area contributed by atoms with Gasteiger partial charge < -0.3 is 19.5 Å². The van der Waals surface area contributed by atoms with Gasteiger partial charge in [-0.25, -0.2) is 4.98 Å². The van der Waals surface area contributed by atoms with E-state index < -0.39 is 6.04 Å². The van der Waals surface area contributed by atoms with E-state index in [1.54, 1.807) is 18.3 Å². The zero-order valence-corrected chi connectivity index (χ0v) is 15.1. The van der Waals surface area contributed by atoms with Crippen molar-refractivity contribution in [3.05, 3.63) is 48.6 Å². The number of nitrogens with one attached hydrogen (secondary N) is 1. The fraction of sp³-hybridized carbons (Fsp3) is 0.421. The van der Waals surface area contributed by atoms with Gasteiger partial charge in [0.2, 0.25) is 5.91 Å². The molecular weight excluding hydrogens is 332 g/mol. The quantitative estimate of drug-likeness (QED) is 0.883. The zero-order chi connectivity index (χ0) is 18.5. The maximum Gasteiger partial charge on any atom is 0.287 e. The van der Waals surface area contributed by atoms with Crippen LogP contribution < -0.4 is 10.2 Å². The number of nitrogens with zero attached hydrogens (tertiary/aromatic N) is 3. The minimum absolute atomic E-state index is 0.0183. The van der Waals surface area contributed by atoms with E-state index in [0.29, 0.717) is 13.1 Å². The third-order valence-corrected chi connectivity index (χ3v) is 4.53. The molecule has 7 nitrogen and oxygen atoms in total. The summed E-state index contributed by atoms with van der Waals surface area (Å²) in [5.74, 6) is 0.694. The number of furan rings is 1. The Morgan fingerprint density at radius 2 is 1.88 bits per heavy atom. The van der Waals surface area contributed by atoms with Crippen LogP contribution in [0.2, 0.25) is 0 Å². The number of rotatable bonds is 5. The molecule has 1 N–H and O–H groups in total. The Bertz CT molecular complexity index is 723. The molecule has 0 aromatic carbocycles. The largest absolute Gasteiger partial charge is 0.459 e. The van der Waals surface area contributed by atoms with Crippen molar-refractivity contribution < 1.29 is 14.0 Å². The lowest BCUT2D eigenvalue weighted by Crippen LogP contribution is -2.56. The highest BCUT2D eigenvalue weighted by Gasteiger charge is 2.31. The lowest BCUT2D eigenvalue weighted by molar-refractivity contribution is -0.134. The first-order valence-electron chi connectivity index (χ1n) is 8.85. The minimum atomic E-state index is -0.575. The minimum Gasteiger partial charge on any atom is -0.459 e. The van der Waals surface area contributed by atoms with Crippen molar-refractivity contribution in [1.82, 2.24) is 15.2 Å². The maximum absolute atomic E-state index is 12.9. The summed E-state index contributed by atoms with van der Waals surface area (Å²) in [6, 6.07) is 8.48. The van der Waals surface area contributed by atoms with Crippen LogP contribution in [0.5, 0.6) is 0 Å². The van der Waals surface area contributed by atoms with Gasteiger partial charge in [-0.15, -0.1) is 0 Å². The zero-order valence-electron chi connectivity index (χ0n) is 15.1. The van der Waals surface area contributed by atoms with Gasteiger partial charge in [0.05, 0.1) is 6.26 Å². The fourth-order valence-electron chi connectivity index (χ4n) is 3.03. The number of amides is 2. The van der Waals surface area contributed by atoms with E-state index in [9.17, 15) is 9.59 Å². The predicted molar refractivity (Wildman–Crippen MR) is 97.8 cm³/mol. The molecule has 7 heteroatoms. The summed E-state index contributed by atoms with van der Waals surface area (Å²) in [5, 5.41) is 2.81. The smallest absolute Gasteiger partial charge is 0.287 e. The summed E-state index contributed by atoms with van der Waals surface area (Å²) in [7, 11) is 0. The van der Waals surface area contributed by atoms with Crippen molar-refractivity contribution in [2.45, 2.75) is 19.9 Å². The summed E-state index contributed by atoms with van der Waals surface area (Å²) in [5.41, 5.74) is 0. The molecule has 0 aliphatic carbocycles. The maximum atomic E-state index is 12.9. The lowest BCUT2D eigenvalue weighted by atomic mass is 10.0. The van der Waals surface area contributed by atoms with E-state index >= 15 is 0 Å². The second-order valence-corrected chi connectivity index (χ2v) is 6.67. The van der Waals surface area contributed by atoms with E-state index in [1.165, 1.54) is 6.26 Å². The second kappa shape index (κ2) is 8.03. The number of hydrogen-bond acceptors (Lipinski definition) is 5. The van der Waals surface area contributed by atoms with E-state index in [0.717, 1.165) is 18.9 Å². The van der Waals surface area contributed by atoms with Crippen molar-refractivity contribution >= 4 is 17.6 Å². The summed E-state index contributed by atoms with van der Waals surface area (Å²) in [6.45, 7) is 6.51. The number of carbonyl (C=O) groups excluding carboxylic acids is 2. The molecule has 138 valence electrons. The number of pyridine rings is 1. The molecule has 0 radical (unpaired) electrons. The van der Waals surface area contributed by atoms with Crippen LogP contribution >= 0.6 is 0 Å². The van der Waals surface area contributed by atoms with Crippen LogP contribution in [-0.2, 0) is 4.79 Å². The SMILES string of the molecule is CC(C)[C@H](NC(=O)c1ccco1)C(=O)N1CCN(c2ccccn2)CC1. The number of anilines is 1. The summed E-state index contributed by atoms with van der Waals surface area (Å²) in [4.78, 5) is 33.5. The highest BCUT2D eigenvalue weighted by Crippen LogP contribution is 2.15. The number of hydrogen-bond donors (Lipinski definition) is 1. The van der Waals surface area contributed by atoms with Crippen LogP contribution in [0.25, 0.3) is 0 Å². The first-order chi connectivity index (χ1) is 12.6. The Morgan fingerprint density at radius 3 is 2.46 bits per heavy atom. The van der Waals surface area contributed by atoms with E-state index in [4.69, 9.17) is 4.42 Å². The van der Waals surface area contributed by atoms with Crippen LogP contribution in [0, 0.1) is 5.92 Å². The average Bonchev–Trinajstić information content (AvgIpc) is 3.21. The lowest BCUT2D eigenvalue weighted by Gasteiger charge is -2.37. The molecule has 0 bridgehead atoms. The Balaban J connectivity index is 1.60. The first-order valence-corrected chi connectivity index (χ1v) is 8.85. The molecule has 2 aromatic heterocycles. The summed E-state index contributed by atoms with van der Waals surface area (Å²) >= 11 is 0. The van der Waals surface area contributed by atoms with Crippen molar-refractivity contribution in [2.24, 2.45) is 5.92 Å². The molecule has 3 heterocycles. The molecule has 0 spiro atoms. The molecule has 26 heavy (non-hydrogen) atoms. The highest BCUT2D eigenvalue weighted by atomic mass is 16.3. The fourth-order valence-corrected chi connectivity index (χ4v) is 3.03. The number of aromatic nitrogens is 1. The molecule has 3 rings (SSSR count). The normalized spacial score (nSPS) is 15.8. The number of carbonyl (C=O) groups is 2. The van der Waals surface area contributed by atoms with Crippen molar-refractivity contribution in [2.75, 3.05) is 31.1 Å². The number of piperazine rings is 1. The standard InChI is InChI=1S/C19H24N4O3/c1-14(2)17(21-18(24)15-6-5-13-26-15)19(25)23-11-9-22(10-12-23)16-7-3-4-8-20-16/h3-8,13-14,17H,9-12H2,1-2H3,(H,21,24)/t17-/m0/s1. The van der Waals surface area contributed by atoms with Gasteiger partial charge in [-0.1, -0.05) is 19.9 Å². The molecule has 0 unspecified atom stereocenters. The monoisotopic (exact) mass is 356 g/mol. The molecule has 2 aromatic rings. The molecule has 2 amide bonds. The third kappa shape index (κ3) is 4.04. The van der Waals surface area contributed by atoms with Gasteiger partial charge in [0.15, 0.2) is 5.76 Å². The van der Waals surface area contributed by atoms with Crippen LogP contribution in [0.3, 0.4) is 0 Å². The molecule has 1 atom stereocenters. The van der Waals surface area contributed by atoms with E-state index in [1.807, 2.05) is 36.9 Å². The van der Waals surface area contributed by atoms with Gasteiger partial charge in [0.25, 0.3) is 5.91 Å². The second-order valence-electron chi connectivity index (χ2n) is 6.67. The summed E-state index contributed by atoms with van der Waals surface area (Å²) in [6.07, 6.45) is 3.21. The van der Waals surface area contributed by atoms with Crippen LogP contribution in [-0.4, -0.2) is 53.9 Å². The topological polar surface area (TPSA) is 78.7 Å². The van der Waals surface area contributed by atoms with Gasteiger partial charge in [-0.05, 0) is 30.2 Å². The highest BCUT2D eigenvalue weighted by molar-refractivity contribution is 5.95. The van der Waals surface area contributed by atoms with Crippen molar-refractivity contribution in [3.8, 4) is 0 Å². The van der Waals surface area contributed by atoms with Gasteiger partial charge in [-0.3, -0.25) is 9.59 Å². The molecular formula is C19H24N4O3. The predicted octanol–water partition coefficient (Wildman–Crippen LogP) is 1.78. The van der Waals surface area contributed by atoms with Crippen LogP contribution in [0.1, 0.15) is 24.4 Å². The molecule has 1 fully saturated rings. The van der Waals surface area contributed by atoms with Gasteiger partial charge >= 0.3 is 0 Å². The Kier molecular flexibility index (Phi) is 5.55. The summed E-state index contributed by atoms with van der Waals surface area (Å²) < 4.78 is 5.11. The van der Waals surface area contributed by atoms with E-state index in [-0.39, 0.29) is 23.5 Å². The van der Waals surface area contributed by atoms with Crippen molar-refractivity contribution in [3.63, 3.8) is 0 Å². The van der Waals surface area contributed by atoms with Gasteiger partial charge in [0, 0.05) is 32.4 Å². The van der Waals surface area contributed by atoms with E-state index in [2.05, 4.69) is 15.2 Å². The van der Waals surface area contributed by atoms with Crippen molar-refractivity contribution in [1.29, 1.82) is 0 Å². The first kappa shape index (κ1) is 18.0. The molecule has 0 saturated carbocycles. The molecule has 1 aliphatic rings. The Hall–Kier alpha value is -2.83. The molecule has 1 saturated heterocycles.